The Morgan fingerprint density at radius 2 is 1.02 bits per heavy atom. The summed E-state index contributed by atoms with van der Waals surface area (Å²) in [5, 5.41) is 14.0. The van der Waals surface area contributed by atoms with Gasteiger partial charge in [0.1, 0.15) is 5.75 Å². The van der Waals surface area contributed by atoms with E-state index in [9.17, 15) is 10.6 Å². The maximum Gasteiger partial charge on any atom is 0.131 e. The Balaban J connectivity index is 1.09. The zero-order valence-corrected chi connectivity index (χ0v) is 32.4. The predicted octanol–water partition coefficient (Wildman–Crippen LogP) is 15.8. The molecule has 61 heavy (non-hydrogen) atoms. The molecular weight excluding hydrogens is 741 g/mol. The van der Waals surface area contributed by atoms with Gasteiger partial charge in [-0.25, -0.2) is 0 Å². The van der Waals surface area contributed by atoms with Crippen molar-refractivity contribution in [1.82, 2.24) is 4.57 Å². The van der Waals surface area contributed by atoms with E-state index in [0.717, 1.165) is 50.2 Å². The van der Waals surface area contributed by atoms with Crippen LogP contribution in [0.15, 0.2) is 236 Å². The van der Waals surface area contributed by atoms with E-state index in [-0.39, 0.29) is 22.0 Å². The van der Waals surface area contributed by atoms with Crippen LogP contribution in [0.4, 0.5) is 17.1 Å². The lowest BCUT2D eigenvalue weighted by atomic mass is 9.95. The van der Waals surface area contributed by atoms with Gasteiger partial charge < -0.3 is 14.6 Å². The first-order valence-corrected chi connectivity index (χ1v) is 19.7. The third kappa shape index (κ3) is 6.50. The third-order valence-corrected chi connectivity index (χ3v) is 10.9. The lowest BCUT2D eigenvalue weighted by molar-refractivity contribution is 0.479. The van der Waals surface area contributed by atoms with Crippen LogP contribution in [-0.4, -0.2) is 9.67 Å². The van der Waals surface area contributed by atoms with Gasteiger partial charge in [0, 0.05) is 44.5 Å². The number of phenols is 1. The number of phenolic OH excluding ortho intramolecular Hbond substituents is 1. The molecule has 0 saturated carbocycles. The van der Waals surface area contributed by atoms with Crippen LogP contribution in [-0.2, 0) is 0 Å². The Hall–Kier alpha value is -8.14. The van der Waals surface area contributed by atoms with E-state index in [1.54, 1.807) is 11.0 Å². The molecule has 0 unspecified atom stereocenters. The summed E-state index contributed by atoms with van der Waals surface area (Å²) in [4.78, 5) is 1.64. The highest BCUT2D eigenvalue weighted by Gasteiger charge is 2.19. The van der Waals surface area contributed by atoms with Gasteiger partial charge in [-0.2, -0.15) is 0 Å². The highest BCUT2D eigenvalue weighted by atomic mass is 16.3. The fourth-order valence-corrected chi connectivity index (χ4v) is 8.04. The molecule has 1 aromatic heterocycles. The summed E-state index contributed by atoms with van der Waals surface area (Å²) < 4.78 is 119. The zero-order chi connectivity index (χ0) is 52.0. The average molecular weight is 794 g/mol. The molecule has 3 nitrogen and oxygen atoms in total. The number of aromatic hydroxyl groups is 1. The molecule has 0 atom stereocenters. The van der Waals surface area contributed by atoms with Crippen LogP contribution in [0.5, 0.6) is 5.75 Å². The number of para-hydroxylation sites is 4. The number of fused-ring (bicyclic) bond motifs is 4. The van der Waals surface area contributed by atoms with Crippen LogP contribution < -0.4 is 4.90 Å². The zero-order valence-electron chi connectivity index (χ0n) is 45.4. The van der Waals surface area contributed by atoms with Crippen LogP contribution >= 0.6 is 0 Å². The quantitative estimate of drug-likeness (QED) is 0.166. The van der Waals surface area contributed by atoms with Gasteiger partial charge in [0.2, 0.25) is 0 Å². The van der Waals surface area contributed by atoms with E-state index in [2.05, 4.69) is 41.0 Å². The molecule has 0 saturated heterocycles. The van der Waals surface area contributed by atoms with E-state index in [0.29, 0.717) is 16.9 Å². The minimum absolute atomic E-state index is 0.168. The van der Waals surface area contributed by atoms with Crippen molar-refractivity contribution in [1.29, 1.82) is 0 Å². The summed E-state index contributed by atoms with van der Waals surface area (Å²) >= 11 is 0. The van der Waals surface area contributed by atoms with Gasteiger partial charge in [-0.1, -0.05) is 176 Å². The molecular formula is C58H40N2O. The fraction of sp³-hybridized carbons (Fsp3) is 0. The van der Waals surface area contributed by atoms with E-state index < -0.39 is 101 Å². The second-order valence-electron chi connectivity index (χ2n) is 14.5. The normalized spacial score (nSPS) is 14.3. The van der Waals surface area contributed by atoms with Crippen molar-refractivity contribution < 1.29 is 22.9 Å². The summed E-state index contributed by atoms with van der Waals surface area (Å²) in [6.45, 7) is 0. The highest BCUT2D eigenvalue weighted by molar-refractivity contribution is 6.09. The third-order valence-electron chi connectivity index (χ3n) is 10.9. The Kier molecular flexibility index (Phi) is 6.17. The van der Waals surface area contributed by atoms with E-state index in [1.165, 1.54) is 0 Å². The van der Waals surface area contributed by atoms with Gasteiger partial charge >= 0.3 is 0 Å². The van der Waals surface area contributed by atoms with Gasteiger partial charge in [-0.3, -0.25) is 0 Å². The van der Waals surface area contributed by atoms with Crippen LogP contribution in [0.25, 0.3) is 82.8 Å². The van der Waals surface area contributed by atoms with E-state index in [1.807, 2.05) is 109 Å². The molecule has 0 aliphatic carbocycles. The molecule has 3 heteroatoms. The van der Waals surface area contributed by atoms with Gasteiger partial charge in [0.25, 0.3) is 0 Å². The number of nitrogens with zero attached hydrogens (tertiary/aromatic N) is 2. The van der Waals surface area contributed by atoms with Crippen molar-refractivity contribution in [2.75, 3.05) is 4.90 Å². The van der Waals surface area contributed by atoms with Crippen molar-refractivity contribution in [2.24, 2.45) is 0 Å². The average Bonchev–Trinajstić information content (AvgIpc) is 3.76. The number of rotatable bonds is 8. The summed E-state index contributed by atoms with van der Waals surface area (Å²) in [7, 11) is 0. The monoisotopic (exact) mass is 793 g/mol. The number of benzene rings is 10. The largest absolute Gasteiger partial charge is 0.507 e. The topological polar surface area (TPSA) is 28.4 Å². The Bertz CT molecular complexity index is 4060. The van der Waals surface area contributed by atoms with E-state index in [4.69, 9.17) is 12.3 Å². The molecule has 10 aromatic carbocycles. The maximum absolute atomic E-state index is 12.2. The molecule has 11 aromatic rings. The van der Waals surface area contributed by atoms with Crippen molar-refractivity contribution >= 4 is 49.6 Å². The van der Waals surface area contributed by atoms with Crippen molar-refractivity contribution in [3.63, 3.8) is 0 Å². The maximum atomic E-state index is 12.2. The number of anilines is 3. The van der Waals surface area contributed by atoms with Crippen LogP contribution in [0.2, 0.25) is 0 Å². The molecule has 0 aliphatic rings. The summed E-state index contributed by atoms with van der Waals surface area (Å²) in [5.74, 6) is -0.943. The molecule has 0 aliphatic heterocycles. The van der Waals surface area contributed by atoms with Crippen molar-refractivity contribution in [3.05, 3.63) is 236 Å². The standard InChI is InChI=1S/C58H40N2O/c61-58-51(23-13-24-52(58)46-29-28-40-14-4-5-17-44(40)38-46)43-32-36-48(37-33-43)59(55-25-9-6-20-50(55)42-15-2-1-3-16-42)47-34-30-41(31-35-47)45-18-12-19-49(39-45)60-56-26-10-7-21-53(56)54-22-8-11-27-57(54)60/h1-39,61H/i4D,5D,13D,14D,17D,23D,24D,28D,29D,32D,33D,36D,37D. The second kappa shape index (κ2) is 15.2. The predicted molar refractivity (Wildman–Crippen MR) is 256 cm³/mol. The lowest BCUT2D eigenvalue weighted by Gasteiger charge is -2.28. The molecule has 0 bridgehead atoms. The first-order chi connectivity index (χ1) is 35.6. The molecule has 1 heterocycles. The van der Waals surface area contributed by atoms with Crippen LogP contribution in [0.1, 0.15) is 17.8 Å². The molecule has 0 spiro atoms. The SMILES string of the molecule is [2H]c1c([2H])c(-c2cc3c([2H])c([2H])c([2H])c([2H])c3c([2H])c2[2H])c(O)c(-c2c([2H])c([2H])c(N(c3ccc(-c4cccc(-n5c6ccccc6c6ccccc65)c4)cc3)c3ccccc3-c3ccccc3)c([2H])c2[2H])c1[2H]. The molecule has 0 amide bonds. The van der Waals surface area contributed by atoms with Gasteiger partial charge in [0.15, 0.2) is 0 Å². The number of aromatic nitrogens is 1. The lowest BCUT2D eigenvalue weighted by Crippen LogP contribution is -2.11. The van der Waals surface area contributed by atoms with Crippen LogP contribution in [0.3, 0.4) is 0 Å². The Morgan fingerprint density at radius 1 is 0.393 bits per heavy atom. The molecule has 288 valence electrons. The van der Waals surface area contributed by atoms with Gasteiger partial charge in [0.05, 0.1) is 34.5 Å². The van der Waals surface area contributed by atoms with Crippen molar-refractivity contribution in [3.8, 4) is 55.9 Å². The Labute approximate surface area is 373 Å². The summed E-state index contributed by atoms with van der Waals surface area (Å²) in [5.41, 5.74) is 5.09. The van der Waals surface area contributed by atoms with E-state index >= 15 is 0 Å². The molecule has 11 rings (SSSR count). The second-order valence-corrected chi connectivity index (χ2v) is 14.5. The Morgan fingerprint density at radius 3 is 1.77 bits per heavy atom. The smallest absolute Gasteiger partial charge is 0.131 e. The minimum Gasteiger partial charge on any atom is -0.507 e. The highest BCUT2D eigenvalue weighted by Crippen LogP contribution is 2.44. The summed E-state index contributed by atoms with van der Waals surface area (Å²) in [6.07, 6.45) is 0. The van der Waals surface area contributed by atoms with Gasteiger partial charge in [-0.15, -0.1) is 0 Å². The summed E-state index contributed by atoms with van der Waals surface area (Å²) in [6, 6.07) is 41.8. The molecule has 0 fully saturated rings. The molecule has 1 N–H and O–H groups in total. The molecule has 0 radical (unpaired) electrons. The van der Waals surface area contributed by atoms with Gasteiger partial charge in [-0.05, 0) is 99.2 Å². The van der Waals surface area contributed by atoms with Crippen LogP contribution in [0, 0.1) is 0 Å². The number of hydrogen-bond donors (Lipinski definition) is 1. The number of hydrogen-bond acceptors (Lipinski definition) is 2. The first kappa shape index (κ1) is 24.7. The van der Waals surface area contributed by atoms with Crippen molar-refractivity contribution in [2.45, 2.75) is 0 Å². The minimum atomic E-state index is -0.943. The first-order valence-electron chi connectivity index (χ1n) is 26.2. The fourth-order valence-electron chi connectivity index (χ4n) is 8.04.